The molecule has 0 fully saturated rings. The smallest absolute Gasteiger partial charge is 0.337 e. The monoisotopic (exact) mass is 221 g/mol. The van der Waals surface area contributed by atoms with Crippen LogP contribution in [0.25, 0.3) is 0 Å². The third-order valence-electron chi connectivity index (χ3n) is 2.44. The molecular weight excluding hydrogens is 202 g/mol. The first kappa shape index (κ1) is 12.6. The van der Waals surface area contributed by atoms with E-state index in [0.717, 1.165) is 18.5 Å². The molecule has 1 rings (SSSR count). The Balaban J connectivity index is 2.76. The van der Waals surface area contributed by atoms with Crippen LogP contribution < -0.4 is 5.32 Å². The highest BCUT2D eigenvalue weighted by Gasteiger charge is 2.09. The molecule has 0 unspecified atom stereocenters. The van der Waals surface area contributed by atoms with Gasteiger partial charge in [-0.05, 0) is 37.0 Å². The molecule has 0 bridgehead atoms. The fourth-order valence-electron chi connectivity index (χ4n) is 1.49. The minimum atomic E-state index is -0.882. The third-order valence-corrected chi connectivity index (χ3v) is 2.44. The lowest BCUT2D eigenvalue weighted by Gasteiger charge is -2.11. The van der Waals surface area contributed by atoms with Crippen molar-refractivity contribution in [1.82, 2.24) is 0 Å². The molecular formula is C13H19NO2. The minimum Gasteiger partial charge on any atom is -0.478 e. The van der Waals surface area contributed by atoms with Gasteiger partial charge in [-0.25, -0.2) is 4.79 Å². The Labute approximate surface area is 96.5 Å². The summed E-state index contributed by atoms with van der Waals surface area (Å²) in [5.74, 6) is -0.266. The molecule has 0 spiro atoms. The van der Waals surface area contributed by atoms with Crippen LogP contribution in [0.4, 0.5) is 5.69 Å². The molecule has 0 aliphatic rings. The van der Waals surface area contributed by atoms with Crippen LogP contribution in [0.2, 0.25) is 0 Å². The molecule has 0 aliphatic carbocycles. The average Bonchev–Trinajstić information content (AvgIpc) is 2.16. The number of nitrogens with one attached hydrogen (secondary N) is 1. The fraction of sp³-hybridized carbons (Fsp3) is 0.462. The van der Waals surface area contributed by atoms with Crippen molar-refractivity contribution in [2.75, 3.05) is 11.9 Å². The molecule has 16 heavy (non-hydrogen) atoms. The Hall–Kier alpha value is -1.51. The van der Waals surface area contributed by atoms with E-state index in [1.807, 2.05) is 19.1 Å². The summed E-state index contributed by atoms with van der Waals surface area (Å²) in [6.45, 7) is 7.06. The maximum atomic E-state index is 11.0. The summed E-state index contributed by atoms with van der Waals surface area (Å²) in [6.07, 6.45) is 1.03. The molecule has 0 heterocycles. The molecule has 0 amide bonds. The van der Waals surface area contributed by atoms with Crippen molar-refractivity contribution in [1.29, 1.82) is 0 Å². The predicted octanol–water partition coefficient (Wildman–Crippen LogP) is 3.15. The van der Waals surface area contributed by atoms with Crippen LogP contribution in [0.5, 0.6) is 0 Å². The average molecular weight is 221 g/mol. The molecule has 2 N–H and O–H groups in total. The van der Waals surface area contributed by atoms with Gasteiger partial charge in [0.15, 0.2) is 0 Å². The molecule has 1 aromatic carbocycles. The van der Waals surface area contributed by atoms with Crippen LogP contribution in [-0.2, 0) is 0 Å². The minimum absolute atomic E-state index is 0.342. The first-order chi connectivity index (χ1) is 7.50. The van der Waals surface area contributed by atoms with E-state index in [1.54, 1.807) is 6.07 Å². The van der Waals surface area contributed by atoms with Crippen LogP contribution in [0.3, 0.4) is 0 Å². The number of aromatic carboxylic acids is 1. The molecule has 3 heteroatoms. The van der Waals surface area contributed by atoms with Crippen molar-refractivity contribution in [3.63, 3.8) is 0 Å². The standard InChI is InChI=1S/C13H19NO2/c1-9(2)6-7-14-12-8-10(3)4-5-11(12)13(15)16/h4-5,8-9,14H,6-7H2,1-3H3,(H,15,16). The highest BCUT2D eigenvalue weighted by Crippen LogP contribution is 2.18. The summed E-state index contributed by atoms with van der Waals surface area (Å²) in [6, 6.07) is 5.34. The van der Waals surface area contributed by atoms with Gasteiger partial charge in [0.25, 0.3) is 0 Å². The van der Waals surface area contributed by atoms with E-state index in [4.69, 9.17) is 5.11 Å². The zero-order chi connectivity index (χ0) is 12.1. The zero-order valence-electron chi connectivity index (χ0n) is 10.1. The Morgan fingerprint density at radius 1 is 1.44 bits per heavy atom. The number of rotatable bonds is 5. The van der Waals surface area contributed by atoms with E-state index < -0.39 is 5.97 Å². The maximum Gasteiger partial charge on any atom is 0.337 e. The third kappa shape index (κ3) is 3.57. The van der Waals surface area contributed by atoms with Crippen LogP contribution in [0, 0.1) is 12.8 Å². The lowest BCUT2D eigenvalue weighted by molar-refractivity contribution is 0.0698. The van der Waals surface area contributed by atoms with Crippen LogP contribution in [0.1, 0.15) is 36.2 Å². The van der Waals surface area contributed by atoms with Gasteiger partial charge >= 0.3 is 5.97 Å². The number of carboxylic acid groups (broad SMARTS) is 1. The number of benzene rings is 1. The molecule has 88 valence electrons. The lowest BCUT2D eigenvalue weighted by Crippen LogP contribution is -2.09. The summed E-state index contributed by atoms with van der Waals surface area (Å²) in [5, 5.41) is 12.2. The topological polar surface area (TPSA) is 49.3 Å². The molecule has 1 aromatic rings. The summed E-state index contributed by atoms with van der Waals surface area (Å²) in [5.41, 5.74) is 2.12. The normalized spacial score (nSPS) is 10.5. The predicted molar refractivity (Wildman–Crippen MR) is 66.1 cm³/mol. The van der Waals surface area contributed by atoms with Crippen molar-refractivity contribution in [2.45, 2.75) is 27.2 Å². The zero-order valence-corrected chi connectivity index (χ0v) is 10.1. The first-order valence-electron chi connectivity index (χ1n) is 5.58. The Kier molecular flexibility index (Phi) is 4.35. The van der Waals surface area contributed by atoms with Crippen LogP contribution in [-0.4, -0.2) is 17.6 Å². The summed E-state index contributed by atoms with van der Waals surface area (Å²) < 4.78 is 0. The molecule has 0 radical (unpaired) electrons. The lowest BCUT2D eigenvalue weighted by atomic mass is 10.1. The number of hydrogen-bond donors (Lipinski definition) is 2. The molecule has 0 aliphatic heterocycles. The van der Waals surface area contributed by atoms with Gasteiger partial charge in [-0.2, -0.15) is 0 Å². The number of carbonyl (C=O) groups is 1. The Morgan fingerprint density at radius 3 is 2.69 bits per heavy atom. The molecule has 0 atom stereocenters. The Bertz CT molecular complexity index is 372. The fourth-order valence-corrected chi connectivity index (χ4v) is 1.49. The number of hydrogen-bond acceptors (Lipinski definition) is 2. The van der Waals surface area contributed by atoms with Crippen molar-refractivity contribution < 1.29 is 9.90 Å². The van der Waals surface area contributed by atoms with Gasteiger partial charge in [0.2, 0.25) is 0 Å². The summed E-state index contributed by atoms with van der Waals surface area (Å²) in [4.78, 5) is 11.0. The number of anilines is 1. The number of carboxylic acids is 1. The second-order valence-corrected chi connectivity index (χ2v) is 4.46. The van der Waals surface area contributed by atoms with Gasteiger partial charge in [0.05, 0.1) is 5.56 Å². The van der Waals surface area contributed by atoms with E-state index >= 15 is 0 Å². The second-order valence-electron chi connectivity index (χ2n) is 4.46. The summed E-state index contributed by atoms with van der Waals surface area (Å²) >= 11 is 0. The number of aryl methyl sites for hydroxylation is 1. The second kappa shape index (κ2) is 5.54. The van der Waals surface area contributed by atoms with E-state index in [1.165, 1.54) is 0 Å². The highest BCUT2D eigenvalue weighted by atomic mass is 16.4. The highest BCUT2D eigenvalue weighted by molar-refractivity contribution is 5.94. The van der Waals surface area contributed by atoms with E-state index in [9.17, 15) is 4.79 Å². The van der Waals surface area contributed by atoms with E-state index in [-0.39, 0.29) is 0 Å². The molecule has 0 saturated carbocycles. The van der Waals surface area contributed by atoms with Gasteiger partial charge < -0.3 is 10.4 Å². The quantitative estimate of drug-likeness (QED) is 0.803. The van der Waals surface area contributed by atoms with Gasteiger partial charge in [0, 0.05) is 12.2 Å². The molecule has 0 saturated heterocycles. The van der Waals surface area contributed by atoms with Crippen LogP contribution in [0.15, 0.2) is 18.2 Å². The largest absolute Gasteiger partial charge is 0.478 e. The summed E-state index contributed by atoms with van der Waals surface area (Å²) in [7, 11) is 0. The van der Waals surface area contributed by atoms with Crippen molar-refractivity contribution >= 4 is 11.7 Å². The van der Waals surface area contributed by atoms with Crippen LogP contribution >= 0.6 is 0 Å². The van der Waals surface area contributed by atoms with E-state index in [2.05, 4.69) is 19.2 Å². The van der Waals surface area contributed by atoms with E-state index in [0.29, 0.717) is 17.2 Å². The maximum absolute atomic E-state index is 11.0. The molecule has 0 aromatic heterocycles. The SMILES string of the molecule is Cc1ccc(C(=O)O)c(NCCC(C)C)c1. The first-order valence-corrected chi connectivity index (χ1v) is 5.58. The van der Waals surface area contributed by atoms with Crippen molar-refractivity contribution in [2.24, 2.45) is 5.92 Å². The van der Waals surface area contributed by atoms with Crippen molar-refractivity contribution in [3.05, 3.63) is 29.3 Å². The van der Waals surface area contributed by atoms with Crippen molar-refractivity contribution in [3.8, 4) is 0 Å². The van der Waals surface area contributed by atoms with Gasteiger partial charge in [-0.15, -0.1) is 0 Å². The van der Waals surface area contributed by atoms with Gasteiger partial charge in [-0.3, -0.25) is 0 Å². The molecule has 3 nitrogen and oxygen atoms in total. The van der Waals surface area contributed by atoms with Gasteiger partial charge in [0.1, 0.15) is 0 Å². The Morgan fingerprint density at radius 2 is 2.12 bits per heavy atom. The van der Waals surface area contributed by atoms with Gasteiger partial charge in [-0.1, -0.05) is 19.9 Å².